The van der Waals surface area contributed by atoms with Crippen LogP contribution in [0.1, 0.15) is 5.56 Å². The number of rotatable bonds is 2. The van der Waals surface area contributed by atoms with Crippen LogP contribution in [0.2, 0.25) is 0 Å². The second-order valence-electron chi connectivity index (χ2n) is 4.33. The van der Waals surface area contributed by atoms with Gasteiger partial charge in [-0.05, 0) is 40.5 Å². The summed E-state index contributed by atoms with van der Waals surface area (Å²) in [5, 5.41) is 7.19. The predicted molar refractivity (Wildman–Crippen MR) is 84.2 cm³/mol. The van der Waals surface area contributed by atoms with Gasteiger partial charge in [-0.15, -0.1) is 11.3 Å². The fraction of sp³-hybridized carbons (Fsp3) is 0.0714. The van der Waals surface area contributed by atoms with Crippen molar-refractivity contribution >= 4 is 33.1 Å². The van der Waals surface area contributed by atoms with E-state index in [1.807, 2.05) is 12.1 Å². The van der Waals surface area contributed by atoms with Gasteiger partial charge >= 0.3 is 0 Å². The first-order chi connectivity index (χ1) is 9.15. The van der Waals surface area contributed by atoms with Gasteiger partial charge in [-0.25, -0.2) is 0 Å². The minimum Gasteiger partial charge on any atom is -0.382 e. The van der Waals surface area contributed by atoms with E-state index in [4.69, 9.17) is 5.73 Å². The van der Waals surface area contributed by atoms with Crippen molar-refractivity contribution in [2.24, 2.45) is 0 Å². The molecule has 3 rings (SSSR count). The lowest BCUT2D eigenvalue weighted by molar-refractivity contribution is 1.11. The van der Waals surface area contributed by atoms with Crippen molar-refractivity contribution in [3.05, 3.63) is 45.7 Å². The van der Waals surface area contributed by atoms with E-state index in [2.05, 4.69) is 57.3 Å². The molecule has 0 spiro atoms. The lowest BCUT2D eigenvalue weighted by Crippen LogP contribution is -1.88. The molecule has 0 aliphatic carbocycles. The van der Waals surface area contributed by atoms with Gasteiger partial charge in [0.1, 0.15) is 0 Å². The molecule has 0 unspecified atom stereocenters. The maximum Gasteiger partial charge on any atom is 0.153 e. The third-order valence-corrected chi connectivity index (χ3v) is 4.56. The molecule has 3 aromatic rings. The van der Waals surface area contributed by atoms with Crippen molar-refractivity contribution in [3.8, 4) is 21.7 Å². The Morgan fingerprint density at radius 2 is 2.11 bits per heavy atom. The summed E-state index contributed by atoms with van der Waals surface area (Å²) in [6.07, 6.45) is 0. The summed E-state index contributed by atoms with van der Waals surface area (Å²) in [4.78, 5) is 1.12. The van der Waals surface area contributed by atoms with Crippen molar-refractivity contribution in [2.75, 3.05) is 5.73 Å². The summed E-state index contributed by atoms with van der Waals surface area (Å²) in [5.41, 5.74) is 10.3. The van der Waals surface area contributed by atoms with Gasteiger partial charge in [0.15, 0.2) is 5.82 Å². The highest BCUT2D eigenvalue weighted by molar-refractivity contribution is 9.11. The smallest absolute Gasteiger partial charge is 0.153 e. The van der Waals surface area contributed by atoms with Gasteiger partial charge < -0.3 is 5.73 Å². The summed E-state index contributed by atoms with van der Waals surface area (Å²) in [5.74, 6) is 0.533. The van der Waals surface area contributed by atoms with Crippen LogP contribution in [0.25, 0.3) is 21.7 Å². The maximum absolute atomic E-state index is 6.02. The molecule has 0 amide bonds. The highest BCUT2D eigenvalue weighted by atomic mass is 79.9. The number of thiophene rings is 1. The van der Waals surface area contributed by atoms with Crippen LogP contribution in [0, 0.1) is 6.92 Å². The van der Waals surface area contributed by atoms with Crippen molar-refractivity contribution in [3.63, 3.8) is 0 Å². The molecule has 1 aromatic carbocycles. The number of nitrogens with one attached hydrogen (secondary N) is 1. The van der Waals surface area contributed by atoms with E-state index in [9.17, 15) is 0 Å². The van der Waals surface area contributed by atoms with Crippen molar-refractivity contribution < 1.29 is 0 Å². The van der Waals surface area contributed by atoms with E-state index in [0.717, 1.165) is 25.5 Å². The van der Waals surface area contributed by atoms with Crippen LogP contribution in [0.4, 0.5) is 5.82 Å². The van der Waals surface area contributed by atoms with Gasteiger partial charge in [0.25, 0.3) is 0 Å². The summed E-state index contributed by atoms with van der Waals surface area (Å²) in [7, 11) is 0. The Morgan fingerprint density at radius 1 is 1.26 bits per heavy atom. The van der Waals surface area contributed by atoms with Crippen molar-refractivity contribution in [1.29, 1.82) is 0 Å². The zero-order chi connectivity index (χ0) is 13.4. The Balaban J connectivity index is 2.19. The van der Waals surface area contributed by atoms with E-state index in [-0.39, 0.29) is 0 Å². The predicted octanol–water partition coefficient (Wildman–Crippen LogP) is 4.46. The normalized spacial score (nSPS) is 10.8. The summed E-state index contributed by atoms with van der Waals surface area (Å²) < 4.78 is 1.09. The quantitative estimate of drug-likeness (QED) is 0.727. The molecule has 3 nitrogen and oxygen atoms in total. The first kappa shape index (κ1) is 12.4. The Kier molecular flexibility index (Phi) is 3.16. The topological polar surface area (TPSA) is 54.7 Å². The van der Waals surface area contributed by atoms with Crippen LogP contribution in [0.15, 0.2) is 40.2 Å². The molecule has 0 aliphatic rings. The van der Waals surface area contributed by atoms with Crippen LogP contribution in [0.3, 0.4) is 0 Å². The number of anilines is 1. The van der Waals surface area contributed by atoms with E-state index in [1.54, 1.807) is 11.3 Å². The fourth-order valence-corrected chi connectivity index (χ4v) is 3.46. The number of H-pyrrole nitrogens is 1. The lowest BCUT2D eigenvalue weighted by atomic mass is 10.0. The standard InChI is InChI=1S/C14H12BrN3S/c1-8-3-2-4-9(7-8)12-13(17-18-14(12)16)10-5-6-11(15)19-10/h2-7H,1H3,(H3,16,17,18). The molecule has 0 aliphatic heterocycles. The van der Waals surface area contributed by atoms with Crippen molar-refractivity contribution in [2.45, 2.75) is 6.92 Å². The number of aromatic nitrogens is 2. The second-order valence-corrected chi connectivity index (χ2v) is 6.80. The van der Waals surface area contributed by atoms with Gasteiger partial charge in [-0.3, -0.25) is 5.10 Å². The average Bonchev–Trinajstić information content (AvgIpc) is 2.95. The number of nitrogens with zero attached hydrogens (tertiary/aromatic N) is 1. The first-order valence-corrected chi connectivity index (χ1v) is 7.42. The third kappa shape index (κ3) is 2.31. The molecule has 5 heteroatoms. The summed E-state index contributed by atoms with van der Waals surface area (Å²) in [6.45, 7) is 2.07. The number of nitrogens with two attached hydrogens (primary N) is 1. The second kappa shape index (κ2) is 4.83. The molecule has 0 bridgehead atoms. The van der Waals surface area contributed by atoms with Crippen LogP contribution in [-0.4, -0.2) is 10.2 Å². The summed E-state index contributed by atoms with van der Waals surface area (Å²) >= 11 is 5.14. The number of halogens is 1. The maximum atomic E-state index is 6.02. The van der Waals surface area contributed by atoms with Gasteiger partial charge in [0.05, 0.1) is 19.9 Å². The minimum atomic E-state index is 0.533. The number of aromatic amines is 1. The molecule has 0 atom stereocenters. The van der Waals surface area contributed by atoms with Crippen LogP contribution < -0.4 is 5.73 Å². The van der Waals surface area contributed by atoms with Gasteiger partial charge in [0, 0.05) is 0 Å². The Hall–Kier alpha value is -1.59. The van der Waals surface area contributed by atoms with Crippen molar-refractivity contribution in [1.82, 2.24) is 10.2 Å². The monoisotopic (exact) mass is 333 g/mol. The third-order valence-electron chi connectivity index (χ3n) is 2.92. The molecule has 0 fully saturated rings. The number of hydrogen-bond acceptors (Lipinski definition) is 3. The van der Waals surface area contributed by atoms with Gasteiger partial charge in [-0.2, -0.15) is 5.10 Å². The fourth-order valence-electron chi connectivity index (χ4n) is 2.08. The number of nitrogen functional groups attached to an aromatic ring is 1. The average molecular weight is 334 g/mol. The number of aryl methyl sites for hydroxylation is 1. The van der Waals surface area contributed by atoms with E-state index in [1.165, 1.54) is 5.56 Å². The SMILES string of the molecule is Cc1cccc(-c2c(N)n[nH]c2-c2ccc(Br)s2)c1. The van der Waals surface area contributed by atoms with E-state index >= 15 is 0 Å². The highest BCUT2D eigenvalue weighted by Gasteiger charge is 2.16. The van der Waals surface area contributed by atoms with E-state index in [0.29, 0.717) is 5.82 Å². The number of hydrogen-bond donors (Lipinski definition) is 2. The molecule has 0 saturated heterocycles. The summed E-state index contributed by atoms with van der Waals surface area (Å²) in [6, 6.07) is 12.4. The molecule has 0 radical (unpaired) electrons. The van der Waals surface area contributed by atoms with Gasteiger partial charge in [-0.1, -0.05) is 29.8 Å². The highest BCUT2D eigenvalue weighted by Crippen LogP contribution is 2.39. The Morgan fingerprint density at radius 3 is 2.79 bits per heavy atom. The van der Waals surface area contributed by atoms with Crippen LogP contribution >= 0.6 is 27.3 Å². The molecule has 2 aromatic heterocycles. The van der Waals surface area contributed by atoms with Crippen LogP contribution in [0.5, 0.6) is 0 Å². The molecule has 2 heterocycles. The molecule has 0 saturated carbocycles. The zero-order valence-electron chi connectivity index (χ0n) is 10.3. The largest absolute Gasteiger partial charge is 0.382 e. The van der Waals surface area contributed by atoms with Gasteiger partial charge in [0.2, 0.25) is 0 Å². The Labute approximate surface area is 123 Å². The lowest BCUT2D eigenvalue weighted by Gasteiger charge is -2.04. The Bertz CT molecular complexity index is 730. The molecular formula is C14H12BrN3S. The molecular weight excluding hydrogens is 322 g/mol. The number of benzene rings is 1. The molecule has 19 heavy (non-hydrogen) atoms. The molecule has 3 N–H and O–H groups in total. The zero-order valence-corrected chi connectivity index (χ0v) is 12.7. The van der Waals surface area contributed by atoms with Crippen LogP contribution in [-0.2, 0) is 0 Å². The first-order valence-electron chi connectivity index (χ1n) is 5.82. The van der Waals surface area contributed by atoms with E-state index < -0.39 is 0 Å². The minimum absolute atomic E-state index is 0.533. The molecule has 96 valence electrons.